The fourth-order valence-corrected chi connectivity index (χ4v) is 1.42. The summed E-state index contributed by atoms with van der Waals surface area (Å²) in [5, 5.41) is 2.18. The van der Waals surface area contributed by atoms with E-state index in [-0.39, 0.29) is 11.3 Å². The van der Waals surface area contributed by atoms with Crippen molar-refractivity contribution >= 4 is 0 Å². The first-order chi connectivity index (χ1) is 8.20. The van der Waals surface area contributed by atoms with Crippen LogP contribution in [-0.2, 0) is 5.54 Å². The Labute approximate surface area is 101 Å². The third-order valence-corrected chi connectivity index (χ3v) is 2.72. The SMILES string of the molecule is CNC(C)(c1ccc(OC(F)F)cc1)C(F)(F)F. The number of nitrogens with one attached hydrogen (secondary N) is 1. The summed E-state index contributed by atoms with van der Waals surface area (Å²) in [7, 11) is 1.18. The molecule has 0 aliphatic rings. The molecule has 0 heterocycles. The molecule has 1 unspecified atom stereocenters. The topological polar surface area (TPSA) is 21.3 Å². The van der Waals surface area contributed by atoms with Crippen molar-refractivity contribution in [1.82, 2.24) is 5.32 Å². The lowest BCUT2D eigenvalue weighted by molar-refractivity contribution is -0.193. The Bertz CT molecular complexity index is 389. The number of benzene rings is 1. The number of rotatable bonds is 4. The Morgan fingerprint density at radius 2 is 1.61 bits per heavy atom. The molecule has 7 heteroatoms. The van der Waals surface area contributed by atoms with Gasteiger partial charge in [0.25, 0.3) is 0 Å². The van der Waals surface area contributed by atoms with Crippen LogP contribution in [0.1, 0.15) is 12.5 Å². The van der Waals surface area contributed by atoms with Crippen LogP contribution in [0.3, 0.4) is 0 Å². The number of hydrogen-bond donors (Lipinski definition) is 1. The minimum atomic E-state index is -4.51. The van der Waals surface area contributed by atoms with Crippen molar-refractivity contribution in [3.63, 3.8) is 0 Å². The van der Waals surface area contributed by atoms with E-state index in [1.165, 1.54) is 7.05 Å². The molecule has 0 radical (unpaired) electrons. The van der Waals surface area contributed by atoms with Crippen molar-refractivity contribution in [3.8, 4) is 5.75 Å². The van der Waals surface area contributed by atoms with Gasteiger partial charge in [-0.15, -0.1) is 0 Å². The van der Waals surface area contributed by atoms with Crippen molar-refractivity contribution < 1.29 is 26.7 Å². The minimum absolute atomic E-state index is 0.0842. The molecule has 102 valence electrons. The first-order valence-electron chi connectivity index (χ1n) is 5.01. The Kier molecular flexibility index (Phi) is 4.16. The van der Waals surface area contributed by atoms with Gasteiger partial charge in [-0.3, -0.25) is 0 Å². The van der Waals surface area contributed by atoms with Crippen LogP contribution in [0.15, 0.2) is 24.3 Å². The van der Waals surface area contributed by atoms with Gasteiger partial charge in [-0.05, 0) is 31.7 Å². The number of hydrogen-bond acceptors (Lipinski definition) is 2. The Balaban J connectivity index is 3.03. The monoisotopic (exact) mass is 269 g/mol. The van der Waals surface area contributed by atoms with E-state index in [0.717, 1.165) is 31.2 Å². The van der Waals surface area contributed by atoms with Crippen molar-refractivity contribution in [1.29, 1.82) is 0 Å². The number of alkyl halides is 5. The Morgan fingerprint density at radius 1 is 1.11 bits per heavy atom. The van der Waals surface area contributed by atoms with Crippen molar-refractivity contribution in [2.75, 3.05) is 7.05 Å². The quantitative estimate of drug-likeness (QED) is 0.847. The zero-order chi connectivity index (χ0) is 14.0. The van der Waals surface area contributed by atoms with Crippen LogP contribution in [0, 0.1) is 0 Å². The smallest absolute Gasteiger partial charge is 0.410 e. The summed E-state index contributed by atoms with van der Waals surface area (Å²) in [6.45, 7) is -2.04. The third-order valence-electron chi connectivity index (χ3n) is 2.72. The highest BCUT2D eigenvalue weighted by Gasteiger charge is 2.51. The molecule has 0 aromatic heterocycles. The van der Waals surface area contributed by atoms with Crippen LogP contribution in [0.25, 0.3) is 0 Å². The van der Waals surface area contributed by atoms with Gasteiger partial charge in [-0.25, -0.2) is 0 Å². The van der Waals surface area contributed by atoms with Gasteiger partial charge in [0.1, 0.15) is 11.3 Å². The van der Waals surface area contributed by atoms with Gasteiger partial charge >= 0.3 is 12.8 Å². The normalized spacial score (nSPS) is 15.6. The van der Waals surface area contributed by atoms with E-state index in [1.54, 1.807) is 0 Å². The molecule has 2 nitrogen and oxygen atoms in total. The fourth-order valence-electron chi connectivity index (χ4n) is 1.42. The molecule has 0 aliphatic heterocycles. The molecule has 1 N–H and O–H groups in total. The molecular weight excluding hydrogens is 257 g/mol. The first-order valence-corrected chi connectivity index (χ1v) is 5.01. The second kappa shape index (κ2) is 5.09. The zero-order valence-electron chi connectivity index (χ0n) is 9.68. The summed E-state index contributed by atoms with van der Waals surface area (Å²) in [6, 6.07) is 4.34. The van der Waals surface area contributed by atoms with E-state index in [9.17, 15) is 22.0 Å². The van der Waals surface area contributed by atoms with Gasteiger partial charge in [-0.2, -0.15) is 22.0 Å². The summed E-state index contributed by atoms with van der Waals surface area (Å²) in [5.41, 5.74) is -2.32. The predicted octanol–water partition coefficient (Wildman–Crippen LogP) is 3.28. The van der Waals surface area contributed by atoms with Crippen molar-refractivity contribution in [2.45, 2.75) is 25.3 Å². The van der Waals surface area contributed by atoms with E-state index in [0.29, 0.717) is 0 Å². The van der Waals surface area contributed by atoms with Crippen LogP contribution in [0.4, 0.5) is 22.0 Å². The van der Waals surface area contributed by atoms with E-state index in [1.807, 2.05) is 0 Å². The van der Waals surface area contributed by atoms with Crippen LogP contribution < -0.4 is 10.1 Å². The fraction of sp³-hybridized carbons (Fsp3) is 0.455. The average molecular weight is 269 g/mol. The Hall–Kier alpha value is -1.37. The second-order valence-corrected chi connectivity index (χ2v) is 3.78. The van der Waals surface area contributed by atoms with E-state index in [4.69, 9.17) is 0 Å². The van der Waals surface area contributed by atoms with Crippen LogP contribution in [0.5, 0.6) is 5.75 Å². The summed E-state index contributed by atoms with van der Waals surface area (Å²) in [4.78, 5) is 0. The standard InChI is InChI=1S/C11H12F5NO/c1-10(17-2,11(14,15)16)7-3-5-8(6-4-7)18-9(12)13/h3-6,9,17H,1-2H3. The maximum Gasteiger partial charge on any atom is 0.410 e. The number of halogens is 5. The molecule has 0 spiro atoms. The molecule has 1 aromatic rings. The summed E-state index contributed by atoms with van der Waals surface area (Å²) in [6.07, 6.45) is -4.51. The molecule has 0 fully saturated rings. The summed E-state index contributed by atoms with van der Waals surface area (Å²) in [5.74, 6) is -0.186. The lowest BCUT2D eigenvalue weighted by Gasteiger charge is -2.32. The van der Waals surface area contributed by atoms with Gasteiger partial charge in [0, 0.05) is 0 Å². The summed E-state index contributed by atoms with van der Waals surface area (Å²) < 4.78 is 66.5. The molecule has 0 bridgehead atoms. The lowest BCUT2D eigenvalue weighted by atomic mass is 9.91. The third kappa shape index (κ3) is 2.90. The lowest BCUT2D eigenvalue weighted by Crippen LogP contribution is -2.49. The molecule has 18 heavy (non-hydrogen) atoms. The average Bonchev–Trinajstić information content (AvgIpc) is 2.26. The van der Waals surface area contributed by atoms with Gasteiger partial charge in [0.05, 0.1) is 0 Å². The van der Waals surface area contributed by atoms with Crippen LogP contribution in [-0.4, -0.2) is 19.8 Å². The molecule has 1 rings (SSSR count). The Morgan fingerprint density at radius 3 is 1.94 bits per heavy atom. The van der Waals surface area contributed by atoms with E-state index >= 15 is 0 Å². The maximum atomic E-state index is 12.9. The molecule has 0 saturated heterocycles. The highest BCUT2D eigenvalue weighted by atomic mass is 19.4. The van der Waals surface area contributed by atoms with E-state index < -0.39 is 18.3 Å². The van der Waals surface area contributed by atoms with Crippen LogP contribution in [0.2, 0.25) is 0 Å². The molecule has 0 aliphatic carbocycles. The van der Waals surface area contributed by atoms with Crippen molar-refractivity contribution in [3.05, 3.63) is 29.8 Å². The highest BCUT2D eigenvalue weighted by Crippen LogP contribution is 2.38. The molecule has 0 saturated carbocycles. The summed E-state index contributed by atoms with van der Waals surface area (Å²) >= 11 is 0. The second-order valence-electron chi connectivity index (χ2n) is 3.78. The van der Waals surface area contributed by atoms with Gasteiger partial charge in [-0.1, -0.05) is 12.1 Å². The molecule has 1 atom stereocenters. The van der Waals surface area contributed by atoms with E-state index in [2.05, 4.69) is 10.1 Å². The van der Waals surface area contributed by atoms with Crippen molar-refractivity contribution in [2.24, 2.45) is 0 Å². The largest absolute Gasteiger partial charge is 0.435 e. The molecule has 1 aromatic carbocycles. The first kappa shape index (κ1) is 14.7. The minimum Gasteiger partial charge on any atom is -0.435 e. The zero-order valence-corrected chi connectivity index (χ0v) is 9.68. The van der Waals surface area contributed by atoms with Gasteiger partial charge < -0.3 is 10.1 Å². The highest BCUT2D eigenvalue weighted by molar-refractivity contribution is 5.32. The maximum absolute atomic E-state index is 12.9. The van der Waals surface area contributed by atoms with Crippen LogP contribution >= 0.6 is 0 Å². The molecular formula is C11H12F5NO. The molecule has 0 amide bonds. The van der Waals surface area contributed by atoms with Gasteiger partial charge in [0.15, 0.2) is 0 Å². The predicted molar refractivity (Wildman–Crippen MR) is 55.5 cm³/mol. The van der Waals surface area contributed by atoms with Gasteiger partial charge in [0.2, 0.25) is 0 Å². The number of ether oxygens (including phenoxy) is 1.